The summed E-state index contributed by atoms with van der Waals surface area (Å²) in [5.41, 5.74) is 3.79. The van der Waals surface area contributed by atoms with Crippen LogP contribution in [0, 0.1) is 0 Å². The van der Waals surface area contributed by atoms with Crippen LogP contribution in [0.1, 0.15) is 22.8 Å². The maximum absolute atomic E-state index is 12.5. The number of hydrogen-bond donors (Lipinski definition) is 1. The zero-order valence-electron chi connectivity index (χ0n) is 11.5. The van der Waals surface area contributed by atoms with Crippen LogP contribution in [0.15, 0.2) is 66.2 Å². The van der Waals surface area contributed by atoms with Gasteiger partial charge in [0.15, 0.2) is 5.78 Å². The van der Waals surface area contributed by atoms with Gasteiger partial charge in [0, 0.05) is 16.8 Å². The molecule has 1 N–H and O–H groups in total. The minimum Gasteiger partial charge on any atom is -0.377 e. The van der Waals surface area contributed by atoms with Gasteiger partial charge in [0.1, 0.15) is 0 Å². The third kappa shape index (κ3) is 2.25. The van der Waals surface area contributed by atoms with Gasteiger partial charge >= 0.3 is 0 Å². The third-order valence-electron chi connectivity index (χ3n) is 3.73. The Bertz CT molecular complexity index is 658. The molecule has 2 heteroatoms. The maximum Gasteiger partial charge on any atom is 0.192 e. The Balaban J connectivity index is 1.94. The van der Waals surface area contributed by atoms with E-state index in [0.717, 1.165) is 23.2 Å². The minimum atomic E-state index is 0.0461. The van der Waals surface area contributed by atoms with Gasteiger partial charge in [-0.3, -0.25) is 4.79 Å². The second-order valence-electron chi connectivity index (χ2n) is 5.01. The fourth-order valence-corrected chi connectivity index (χ4v) is 2.73. The maximum atomic E-state index is 12.5. The lowest BCUT2D eigenvalue weighted by atomic mass is 9.88. The summed E-state index contributed by atoms with van der Waals surface area (Å²) in [4.78, 5) is 12.5. The highest BCUT2D eigenvalue weighted by atomic mass is 16.1. The molecule has 2 aromatic carbocycles. The van der Waals surface area contributed by atoms with E-state index in [9.17, 15) is 4.79 Å². The van der Waals surface area contributed by atoms with Crippen LogP contribution >= 0.6 is 0 Å². The molecule has 0 bridgehead atoms. The number of fused-ring (bicyclic) bond motifs is 1. The Morgan fingerprint density at radius 2 is 1.75 bits per heavy atom. The van der Waals surface area contributed by atoms with Crippen molar-refractivity contribution in [3.8, 4) is 0 Å². The highest BCUT2D eigenvalue weighted by molar-refractivity contribution is 6.15. The first kappa shape index (κ1) is 12.7. The molecule has 0 radical (unpaired) electrons. The third-order valence-corrected chi connectivity index (χ3v) is 3.73. The summed E-state index contributed by atoms with van der Waals surface area (Å²) >= 11 is 0. The SMILES string of the molecule is C/C=C1/C(=O)c2ccccc2NC1Cc1ccccc1. The molecule has 0 spiro atoms. The monoisotopic (exact) mass is 263 g/mol. The number of hydrogen-bond acceptors (Lipinski definition) is 2. The average Bonchev–Trinajstić information content (AvgIpc) is 2.49. The van der Waals surface area contributed by atoms with Gasteiger partial charge in [-0.1, -0.05) is 48.5 Å². The molecule has 1 atom stereocenters. The Hall–Kier alpha value is -2.35. The van der Waals surface area contributed by atoms with Gasteiger partial charge in [0.2, 0.25) is 0 Å². The number of Topliss-reactive ketones (excluding diaryl/α,β-unsaturated/α-hetero) is 1. The van der Waals surface area contributed by atoms with Crippen LogP contribution in [0.4, 0.5) is 5.69 Å². The van der Waals surface area contributed by atoms with Gasteiger partial charge < -0.3 is 5.32 Å². The highest BCUT2D eigenvalue weighted by Gasteiger charge is 2.28. The van der Waals surface area contributed by atoms with Crippen molar-refractivity contribution in [3.63, 3.8) is 0 Å². The normalized spacial score (nSPS) is 19.6. The Labute approximate surface area is 119 Å². The first-order valence-electron chi connectivity index (χ1n) is 6.90. The quantitative estimate of drug-likeness (QED) is 0.834. The average molecular weight is 263 g/mol. The fourth-order valence-electron chi connectivity index (χ4n) is 2.73. The Kier molecular flexibility index (Phi) is 3.38. The number of para-hydroxylation sites is 1. The Morgan fingerprint density at radius 1 is 1.05 bits per heavy atom. The fraction of sp³-hybridized carbons (Fsp3) is 0.167. The predicted molar refractivity (Wildman–Crippen MR) is 82.1 cm³/mol. The molecule has 20 heavy (non-hydrogen) atoms. The molecule has 0 saturated carbocycles. The van der Waals surface area contributed by atoms with Gasteiger partial charge in [0.05, 0.1) is 6.04 Å². The van der Waals surface area contributed by atoms with Crippen molar-refractivity contribution in [1.82, 2.24) is 0 Å². The first-order chi connectivity index (χ1) is 9.79. The van der Waals surface area contributed by atoms with E-state index >= 15 is 0 Å². The molecule has 1 heterocycles. The summed E-state index contributed by atoms with van der Waals surface area (Å²) in [6, 6.07) is 18.0. The summed E-state index contributed by atoms with van der Waals surface area (Å²) in [5, 5.41) is 3.49. The number of benzene rings is 2. The van der Waals surface area contributed by atoms with Crippen molar-refractivity contribution >= 4 is 11.5 Å². The smallest absolute Gasteiger partial charge is 0.192 e. The molecule has 0 fully saturated rings. The molecule has 1 aliphatic rings. The van der Waals surface area contributed by atoms with E-state index in [1.165, 1.54) is 5.56 Å². The molecule has 0 aromatic heterocycles. The molecule has 1 aliphatic heterocycles. The van der Waals surface area contributed by atoms with Crippen molar-refractivity contribution < 1.29 is 4.79 Å². The summed E-state index contributed by atoms with van der Waals surface area (Å²) in [6.07, 6.45) is 2.75. The van der Waals surface area contributed by atoms with Gasteiger partial charge in [-0.15, -0.1) is 0 Å². The molecule has 2 aromatic rings. The van der Waals surface area contributed by atoms with Crippen LogP contribution in [-0.2, 0) is 6.42 Å². The van der Waals surface area contributed by atoms with E-state index in [0.29, 0.717) is 0 Å². The predicted octanol–water partition coefficient (Wildman–Crippen LogP) is 3.85. The van der Waals surface area contributed by atoms with Crippen molar-refractivity contribution in [3.05, 3.63) is 77.4 Å². The Morgan fingerprint density at radius 3 is 2.50 bits per heavy atom. The molecular weight excluding hydrogens is 246 g/mol. The molecule has 100 valence electrons. The number of anilines is 1. The van der Waals surface area contributed by atoms with Crippen molar-refractivity contribution in [2.45, 2.75) is 19.4 Å². The van der Waals surface area contributed by atoms with E-state index in [4.69, 9.17) is 0 Å². The summed E-state index contributed by atoms with van der Waals surface area (Å²) < 4.78 is 0. The van der Waals surface area contributed by atoms with E-state index in [1.54, 1.807) is 0 Å². The van der Waals surface area contributed by atoms with Crippen LogP contribution in [0.3, 0.4) is 0 Å². The number of carbonyl (C=O) groups is 1. The number of ketones is 1. The number of nitrogens with one attached hydrogen (secondary N) is 1. The topological polar surface area (TPSA) is 29.1 Å². The lowest BCUT2D eigenvalue weighted by Crippen LogP contribution is -2.34. The second kappa shape index (κ2) is 5.33. The van der Waals surface area contributed by atoms with Crippen LogP contribution in [-0.4, -0.2) is 11.8 Å². The largest absolute Gasteiger partial charge is 0.377 e. The van der Waals surface area contributed by atoms with Crippen LogP contribution < -0.4 is 5.32 Å². The molecule has 0 amide bonds. The summed E-state index contributed by atoms with van der Waals surface area (Å²) in [7, 11) is 0. The van der Waals surface area contributed by atoms with E-state index in [2.05, 4.69) is 17.4 Å². The molecule has 0 aliphatic carbocycles. The standard InChI is InChI=1S/C18H17NO/c1-2-14-17(12-13-8-4-3-5-9-13)19-16-11-7-6-10-15(16)18(14)20/h2-11,17,19H,12H2,1H3/b14-2+. The van der Waals surface area contributed by atoms with Crippen molar-refractivity contribution in [2.24, 2.45) is 0 Å². The van der Waals surface area contributed by atoms with Crippen LogP contribution in [0.2, 0.25) is 0 Å². The lowest BCUT2D eigenvalue weighted by Gasteiger charge is -2.28. The second-order valence-corrected chi connectivity index (χ2v) is 5.01. The van der Waals surface area contributed by atoms with Gasteiger partial charge in [0.25, 0.3) is 0 Å². The minimum absolute atomic E-state index is 0.0461. The lowest BCUT2D eigenvalue weighted by molar-refractivity contribution is 0.102. The molecule has 0 saturated heterocycles. The summed E-state index contributed by atoms with van der Waals surface area (Å²) in [5.74, 6) is 0.141. The van der Waals surface area contributed by atoms with Crippen LogP contribution in [0.25, 0.3) is 0 Å². The van der Waals surface area contributed by atoms with Crippen molar-refractivity contribution in [1.29, 1.82) is 0 Å². The van der Waals surface area contributed by atoms with E-state index in [-0.39, 0.29) is 11.8 Å². The van der Waals surface area contributed by atoms with Gasteiger partial charge in [-0.05, 0) is 31.0 Å². The van der Waals surface area contributed by atoms with Gasteiger partial charge in [-0.2, -0.15) is 0 Å². The molecule has 1 unspecified atom stereocenters. The molecular formula is C18H17NO. The van der Waals surface area contributed by atoms with Gasteiger partial charge in [-0.25, -0.2) is 0 Å². The first-order valence-corrected chi connectivity index (χ1v) is 6.90. The van der Waals surface area contributed by atoms with Crippen LogP contribution in [0.5, 0.6) is 0 Å². The van der Waals surface area contributed by atoms with Crippen molar-refractivity contribution in [2.75, 3.05) is 5.32 Å². The molecule has 2 nitrogen and oxygen atoms in total. The van der Waals surface area contributed by atoms with E-state index in [1.807, 2.05) is 55.5 Å². The highest BCUT2D eigenvalue weighted by Crippen LogP contribution is 2.29. The number of carbonyl (C=O) groups excluding carboxylic acids is 1. The molecule has 3 rings (SSSR count). The van der Waals surface area contributed by atoms with E-state index < -0.39 is 0 Å². The number of rotatable bonds is 2. The zero-order chi connectivity index (χ0) is 13.9. The zero-order valence-corrected chi connectivity index (χ0v) is 11.5. The number of allylic oxidation sites excluding steroid dienone is 1. The summed E-state index contributed by atoms with van der Waals surface area (Å²) in [6.45, 7) is 1.93.